The first-order valence-electron chi connectivity index (χ1n) is 8.26. The summed E-state index contributed by atoms with van der Waals surface area (Å²) in [7, 11) is 0. The maximum absolute atomic E-state index is 13.2. The van der Waals surface area contributed by atoms with Gasteiger partial charge in [-0.1, -0.05) is 18.2 Å². The summed E-state index contributed by atoms with van der Waals surface area (Å²) in [5.74, 6) is 0.0394. The van der Waals surface area contributed by atoms with Gasteiger partial charge in [-0.3, -0.25) is 10.1 Å². The molecule has 0 radical (unpaired) electrons. The van der Waals surface area contributed by atoms with Crippen LogP contribution in [0, 0.1) is 5.82 Å². The summed E-state index contributed by atoms with van der Waals surface area (Å²) in [6.07, 6.45) is 0. The van der Waals surface area contributed by atoms with Gasteiger partial charge in [-0.05, 0) is 56.2 Å². The number of amides is 1. The number of hydrogen-bond donors (Lipinski definition) is 1. The molecule has 0 fully saturated rings. The number of anilines is 1. The van der Waals surface area contributed by atoms with Crippen LogP contribution >= 0.6 is 0 Å². The first kappa shape index (κ1) is 17.8. The lowest BCUT2D eigenvalue weighted by Gasteiger charge is -2.22. The van der Waals surface area contributed by atoms with Crippen molar-refractivity contribution in [2.24, 2.45) is 0 Å². The molecule has 3 aromatic rings. The first-order valence-corrected chi connectivity index (χ1v) is 8.26. The molecule has 0 saturated carbocycles. The zero-order chi connectivity index (χ0) is 18.9. The monoisotopic (exact) mass is 353 g/mol. The summed E-state index contributed by atoms with van der Waals surface area (Å²) in [5, 5.41) is 3.31. The Labute approximate surface area is 151 Å². The Bertz CT molecular complexity index is 963. The Balaban J connectivity index is 2.15. The minimum atomic E-state index is -0.472. The van der Waals surface area contributed by atoms with Crippen LogP contribution in [0.4, 0.5) is 10.3 Å². The van der Waals surface area contributed by atoms with Crippen molar-refractivity contribution in [1.29, 1.82) is 0 Å². The van der Waals surface area contributed by atoms with Crippen LogP contribution in [0.1, 0.15) is 27.7 Å². The second kappa shape index (κ2) is 6.71. The molecule has 5 nitrogen and oxygen atoms in total. The zero-order valence-electron chi connectivity index (χ0n) is 15.1. The lowest BCUT2D eigenvalue weighted by Crippen LogP contribution is -2.24. The summed E-state index contributed by atoms with van der Waals surface area (Å²) in [4.78, 5) is 20.1. The lowest BCUT2D eigenvalue weighted by molar-refractivity contribution is -0.114. The molecule has 6 heteroatoms. The molecule has 0 aliphatic carbocycles. The normalized spacial score (nSPS) is 11.4. The topological polar surface area (TPSA) is 64.1 Å². The van der Waals surface area contributed by atoms with Crippen LogP contribution in [0.5, 0.6) is 5.88 Å². The molecule has 3 rings (SSSR count). The second-order valence-corrected chi connectivity index (χ2v) is 6.99. The Morgan fingerprint density at radius 2 is 1.69 bits per heavy atom. The third kappa shape index (κ3) is 4.14. The molecule has 0 unspecified atom stereocenters. The van der Waals surface area contributed by atoms with Crippen LogP contribution in [0.2, 0.25) is 0 Å². The molecule has 134 valence electrons. The summed E-state index contributed by atoms with van der Waals surface area (Å²) >= 11 is 0. The van der Waals surface area contributed by atoms with Gasteiger partial charge in [-0.2, -0.15) is 4.98 Å². The predicted molar refractivity (Wildman–Crippen MR) is 99.6 cm³/mol. The first-order chi connectivity index (χ1) is 12.2. The van der Waals surface area contributed by atoms with Gasteiger partial charge in [0.15, 0.2) is 0 Å². The van der Waals surface area contributed by atoms with Gasteiger partial charge in [0.05, 0.1) is 10.9 Å². The van der Waals surface area contributed by atoms with Crippen LogP contribution < -0.4 is 10.1 Å². The van der Waals surface area contributed by atoms with Crippen molar-refractivity contribution < 1.29 is 13.9 Å². The molecule has 26 heavy (non-hydrogen) atoms. The highest BCUT2D eigenvalue weighted by Gasteiger charge is 2.18. The van der Waals surface area contributed by atoms with E-state index in [0.717, 1.165) is 16.5 Å². The molecule has 1 amide bonds. The van der Waals surface area contributed by atoms with E-state index in [-0.39, 0.29) is 17.7 Å². The maximum atomic E-state index is 13.2. The molecule has 0 aliphatic rings. The SMILES string of the molecule is CC(=O)Nc1nc(OC(C)(C)C)c2cc(-c3ccc(F)cc3)ccc2n1. The van der Waals surface area contributed by atoms with Crippen molar-refractivity contribution in [1.82, 2.24) is 9.97 Å². The fraction of sp³-hybridized carbons (Fsp3) is 0.250. The number of aromatic nitrogens is 2. The highest BCUT2D eigenvalue weighted by atomic mass is 19.1. The van der Waals surface area contributed by atoms with E-state index in [1.54, 1.807) is 12.1 Å². The van der Waals surface area contributed by atoms with Crippen LogP contribution in [0.3, 0.4) is 0 Å². The van der Waals surface area contributed by atoms with Crippen molar-refractivity contribution in [3.05, 3.63) is 48.3 Å². The maximum Gasteiger partial charge on any atom is 0.233 e. The van der Waals surface area contributed by atoms with Crippen molar-refractivity contribution in [2.75, 3.05) is 5.32 Å². The fourth-order valence-corrected chi connectivity index (χ4v) is 2.50. The Morgan fingerprint density at radius 3 is 2.31 bits per heavy atom. The molecule has 0 spiro atoms. The largest absolute Gasteiger partial charge is 0.471 e. The van der Waals surface area contributed by atoms with E-state index in [0.29, 0.717) is 11.4 Å². The third-order valence-electron chi connectivity index (χ3n) is 3.53. The van der Waals surface area contributed by atoms with E-state index < -0.39 is 5.60 Å². The van der Waals surface area contributed by atoms with Gasteiger partial charge < -0.3 is 4.74 Å². The third-order valence-corrected chi connectivity index (χ3v) is 3.53. The highest BCUT2D eigenvalue weighted by molar-refractivity contribution is 5.92. The van der Waals surface area contributed by atoms with Crippen molar-refractivity contribution in [3.63, 3.8) is 0 Å². The number of rotatable bonds is 3. The summed E-state index contributed by atoms with van der Waals surface area (Å²) in [6, 6.07) is 11.9. The lowest BCUT2D eigenvalue weighted by atomic mass is 10.0. The number of nitrogens with one attached hydrogen (secondary N) is 1. The summed E-state index contributed by atoms with van der Waals surface area (Å²) in [6.45, 7) is 7.16. The van der Waals surface area contributed by atoms with Gasteiger partial charge in [0, 0.05) is 6.92 Å². The van der Waals surface area contributed by atoms with Gasteiger partial charge in [-0.15, -0.1) is 0 Å². The number of fused-ring (bicyclic) bond motifs is 1. The fourth-order valence-electron chi connectivity index (χ4n) is 2.50. The van der Waals surface area contributed by atoms with Gasteiger partial charge in [0.2, 0.25) is 17.7 Å². The standard InChI is InChI=1S/C20H20FN3O2/c1-12(25)22-19-23-17-10-7-14(13-5-8-15(21)9-6-13)11-16(17)18(24-19)26-20(2,3)4/h5-11H,1-4H3,(H,22,23,24,25). The van der Waals surface area contributed by atoms with Crippen molar-refractivity contribution >= 4 is 22.8 Å². The van der Waals surface area contributed by atoms with E-state index in [9.17, 15) is 9.18 Å². The minimum absolute atomic E-state index is 0.193. The molecule has 1 aromatic heterocycles. The molecule has 0 saturated heterocycles. The number of nitrogens with zero attached hydrogens (tertiary/aromatic N) is 2. The smallest absolute Gasteiger partial charge is 0.233 e. The Kier molecular flexibility index (Phi) is 4.59. The van der Waals surface area contributed by atoms with E-state index in [2.05, 4.69) is 15.3 Å². The number of carbonyl (C=O) groups excluding carboxylic acids is 1. The summed E-state index contributed by atoms with van der Waals surface area (Å²) in [5.41, 5.74) is 1.95. The van der Waals surface area contributed by atoms with E-state index in [4.69, 9.17) is 4.74 Å². The van der Waals surface area contributed by atoms with E-state index in [1.165, 1.54) is 19.1 Å². The Hall–Kier alpha value is -3.02. The molecule has 0 aliphatic heterocycles. The van der Waals surface area contributed by atoms with Crippen LogP contribution in [-0.4, -0.2) is 21.5 Å². The summed E-state index contributed by atoms with van der Waals surface area (Å²) < 4.78 is 19.2. The van der Waals surface area contributed by atoms with Gasteiger partial charge in [0.25, 0.3) is 0 Å². The molecular formula is C20H20FN3O2. The zero-order valence-corrected chi connectivity index (χ0v) is 15.1. The molecule has 1 N–H and O–H groups in total. The number of carbonyl (C=O) groups is 1. The quantitative estimate of drug-likeness (QED) is 0.749. The molecule has 0 bridgehead atoms. The highest BCUT2D eigenvalue weighted by Crippen LogP contribution is 2.31. The Morgan fingerprint density at radius 1 is 1.04 bits per heavy atom. The average molecular weight is 353 g/mol. The molecular weight excluding hydrogens is 333 g/mol. The number of ether oxygens (including phenoxy) is 1. The van der Waals surface area contributed by atoms with Crippen molar-refractivity contribution in [3.8, 4) is 17.0 Å². The number of benzene rings is 2. The molecule has 1 heterocycles. The average Bonchev–Trinajstić information content (AvgIpc) is 2.53. The van der Waals surface area contributed by atoms with E-state index >= 15 is 0 Å². The van der Waals surface area contributed by atoms with Crippen LogP contribution in [0.15, 0.2) is 42.5 Å². The van der Waals surface area contributed by atoms with Crippen LogP contribution in [-0.2, 0) is 4.79 Å². The van der Waals surface area contributed by atoms with Crippen molar-refractivity contribution in [2.45, 2.75) is 33.3 Å². The molecule has 2 aromatic carbocycles. The van der Waals surface area contributed by atoms with Gasteiger partial charge in [-0.25, -0.2) is 9.37 Å². The van der Waals surface area contributed by atoms with E-state index in [1.807, 2.05) is 39.0 Å². The number of hydrogen-bond acceptors (Lipinski definition) is 4. The van der Waals surface area contributed by atoms with Gasteiger partial charge in [0.1, 0.15) is 11.4 Å². The van der Waals surface area contributed by atoms with Crippen LogP contribution in [0.25, 0.3) is 22.0 Å². The predicted octanol–water partition coefficient (Wildman–Crippen LogP) is 4.57. The number of halogens is 1. The second-order valence-electron chi connectivity index (χ2n) is 6.99. The minimum Gasteiger partial charge on any atom is -0.471 e. The molecule has 0 atom stereocenters. The van der Waals surface area contributed by atoms with Gasteiger partial charge >= 0.3 is 0 Å².